The molecule has 2 N–H and O–H groups in total. The number of hydrogen-bond acceptors (Lipinski definition) is 4. The topological polar surface area (TPSA) is 47.7 Å². The van der Waals surface area contributed by atoms with Crippen LogP contribution in [0.4, 0.5) is 0 Å². The maximum atomic E-state index is 6.02. The second-order valence-corrected chi connectivity index (χ2v) is 6.11. The van der Waals surface area contributed by atoms with Crippen LogP contribution in [0.15, 0.2) is 12.1 Å². The van der Waals surface area contributed by atoms with E-state index in [9.17, 15) is 0 Å². The van der Waals surface area contributed by atoms with Crippen LogP contribution in [0.1, 0.15) is 31.4 Å². The third kappa shape index (κ3) is 3.85. The highest BCUT2D eigenvalue weighted by Gasteiger charge is 2.17. The Balaban J connectivity index is 1.99. The van der Waals surface area contributed by atoms with E-state index in [1.54, 1.807) is 0 Å². The lowest BCUT2D eigenvalue weighted by Crippen LogP contribution is -2.36. The van der Waals surface area contributed by atoms with Gasteiger partial charge >= 0.3 is 0 Å². The Labute approximate surface area is 115 Å². The van der Waals surface area contributed by atoms with E-state index >= 15 is 0 Å². The fourth-order valence-electron chi connectivity index (χ4n) is 2.10. The highest BCUT2D eigenvalue weighted by atomic mass is 16.7. The summed E-state index contributed by atoms with van der Waals surface area (Å²) in [5, 5.41) is 0. The molecule has 0 bridgehead atoms. The summed E-state index contributed by atoms with van der Waals surface area (Å²) in [7, 11) is 2.12. The summed E-state index contributed by atoms with van der Waals surface area (Å²) in [6, 6.07) is 4.14. The van der Waals surface area contributed by atoms with Crippen molar-refractivity contribution in [3.63, 3.8) is 0 Å². The van der Waals surface area contributed by atoms with Crippen molar-refractivity contribution < 1.29 is 9.47 Å². The van der Waals surface area contributed by atoms with Crippen LogP contribution in [0.5, 0.6) is 11.5 Å². The van der Waals surface area contributed by atoms with Gasteiger partial charge in [0.2, 0.25) is 6.79 Å². The van der Waals surface area contributed by atoms with Crippen LogP contribution in [0, 0.1) is 6.92 Å². The molecule has 1 aromatic rings. The lowest BCUT2D eigenvalue weighted by Gasteiger charge is -2.24. The molecule has 0 fully saturated rings. The van der Waals surface area contributed by atoms with Crippen molar-refractivity contribution in [1.29, 1.82) is 0 Å². The number of nitrogens with zero attached hydrogens (tertiary/aromatic N) is 1. The molecule has 0 spiro atoms. The number of benzene rings is 1. The molecule has 0 aromatic heterocycles. The first kappa shape index (κ1) is 14.2. The molecule has 1 aliphatic rings. The van der Waals surface area contributed by atoms with Gasteiger partial charge in [0, 0.05) is 12.1 Å². The predicted molar refractivity (Wildman–Crippen MR) is 76.5 cm³/mol. The van der Waals surface area contributed by atoms with Crippen LogP contribution in [0.3, 0.4) is 0 Å². The molecule has 0 unspecified atom stereocenters. The average Bonchev–Trinajstić information content (AvgIpc) is 2.73. The van der Waals surface area contributed by atoms with Crippen molar-refractivity contribution >= 4 is 0 Å². The van der Waals surface area contributed by atoms with Gasteiger partial charge in [0.05, 0.1) is 0 Å². The van der Waals surface area contributed by atoms with Gasteiger partial charge < -0.3 is 20.1 Å². The molecule has 0 amide bonds. The van der Waals surface area contributed by atoms with E-state index in [0.29, 0.717) is 6.79 Å². The monoisotopic (exact) mass is 264 g/mol. The SMILES string of the molecule is Cc1cc2c(cc1CN(C)CCC(C)(C)N)OCO2. The number of aryl methyl sites for hydroxylation is 1. The molecule has 4 heteroatoms. The molecule has 0 saturated heterocycles. The highest BCUT2D eigenvalue weighted by molar-refractivity contribution is 5.48. The molecule has 0 aliphatic carbocycles. The quantitative estimate of drug-likeness (QED) is 0.886. The molecule has 0 radical (unpaired) electrons. The zero-order valence-electron chi connectivity index (χ0n) is 12.3. The molecule has 1 heterocycles. The summed E-state index contributed by atoms with van der Waals surface area (Å²) < 4.78 is 10.8. The minimum atomic E-state index is -0.113. The molecule has 19 heavy (non-hydrogen) atoms. The van der Waals surface area contributed by atoms with Gasteiger partial charge in [-0.1, -0.05) is 0 Å². The first-order valence-electron chi connectivity index (χ1n) is 6.72. The van der Waals surface area contributed by atoms with E-state index in [2.05, 4.69) is 44.9 Å². The van der Waals surface area contributed by atoms with Crippen LogP contribution in [0.25, 0.3) is 0 Å². The minimum Gasteiger partial charge on any atom is -0.454 e. The van der Waals surface area contributed by atoms with Crippen molar-refractivity contribution in [2.75, 3.05) is 20.4 Å². The summed E-state index contributed by atoms with van der Waals surface area (Å²) >= 11 is 0. The van der Waals surface area contributed by atoms with E-state index in [1.165, 1.54) is 11.1 Å². The zero-order valence-corrected chi connectivity index (χ0v) is 12.3. The molecular weight excluding hydrogens is 240 g/mol. The third-order valence-electron chi connectivity index (χ3n) is 3.41. The van der Waals surface area contributed by atoms with Gasteiger partial charge in [-0.25, -0.2) is 0 Å². The Morgan fingerprint density at radius 3 is 2.53 bits per heavy atom. The Kier molecular flexibility index (Phi) is 4.02. The second kappa shape index (κ2) is 5.39. The number of ether oxygens (including phenoxy) is 2. The number of nitrogens with two attached hydrogens (primary N) is 1. The van der Waals surface area contributed by atoms with Crippen LogP contribution in [-0.4, -0.2) is 30.8 Å². The van der Waals surface area contributed by atoms with E-state index in [0.717, 1.165) is 31.0 Å². The van der Waals surface area contributed by atoms with Crippen molar-refractivity contribution in [3.8, 4) is 11.5 Å². The number of hydrogen-bond donors (Lipinski definition) is 1. The highest BCUT2D eigenvalue weighted by Crippen LogP contribution is 2.34. The van der Waals surface area contributed by atoms with Gasteiger partial charge in [-0.05, 0) is 64.0 Å². The van der Waals surface area contributed by atoms with Gasteiger partial charge in [0.1, 0.15) is 0 Å². The second-order valence-electron chi connectivity index (χ2n) is 6.11. The number of rotatable bonds is 5. The molecule has 1 aromatic carbocycles. The summed E-state index contributed by atoms with van der Waals surface area (Å²) in [4.78, 5) is 2.29. The Morgan fingerprint density at radius 1 is 1.26 bits per heavy atom. The maximum absolute atomic E-state index is 6.02. The molecule has 0 atom stereocenters. The van der Waals surface area contributed by atoms with E-state index in [-0.39, 0.29) is 5.54 Å². The fraction of sp³-hybridized carbons (Fsp3) is 0.600. The first-order chi connectivity index (χ1) is 8.85. The molecule has 1 aliphatic heterocycles. The standard InChI is InChI=1S/C15H24N2O2/c1-11-7-13-14(19-10-18-13)8-12(11)9-17(4)6-5-15(2,3)16/h7-8H,5-6,9-10,16H2,1-4H3. The van der Waals surface area contributed by atoms with Crippen molar-refractivity contribution in [2.24, 2.45) is 5.73 Å². The fourth-order valence-corrected chi connectivity index (χ4v) is 2.10. The largest absolute Gasteiger partial charge is 0.454 e. The van der Waals surface area contributed by atoms with Crippen molar-refractivity contribution in [2.45, 2.75) is 39.3 Å². The zero-order chi connectivity index (χ0) is 14.0. The Morgan fingerprint density at radius 2 is 1.89 bits per heavy atom. The Bertz CT molecular complexity index is 452. The predicted octanol–water partition coefficient (Wildman–Crippen LogP) is 2.28. The summed E-state index contributed by atoms with van der Waals surface area (Å²) in [5.74, 6) is 1.71. The van der Waals surface area contributed by atoms with Gasteiger partial charge in [-0.2, -0.15) is 0 Å². The van der Waals surface area contributed by atoms with E-state index in [4.69, 9.17) is 15.2 Å². The van der Waals surface area contributed by atoms with Crippen LogP contribution in [-0.2, 0) is 6.54 Å². The normalized spacial score (nSPS) is 14.2. The minimum absolute atomic E-state index is 0.113. The molecule has 4 nitrogen and oxygen atoms in total. The van der Waals surface area contributed by atoms with E-state index < -0.39 is 0 Å². The molecule has 106 valence electrons. The summed E-state index contributed by atoms with van der Waals surface area (Å²) in [6.07, 6.45) is 0.979. The summed E-state index contributed by atoms with van der Waals surface area (Å²) in [5.41, 5.74) is 8.42. The third-order valence-corrected chi connectivity index (χ3v) is 3.41. The smallest absolute Gasteiger partial charge is 0.231 e. The van der Waals surface area contributed by atoms with Gasteiger partial charge in [-0.3, -0.25) is 0 Å². The molecule has 0 saturated carbocycles. The Hall–Kier alpha value is -1.26. The van der Waals surface area contributed by atoms with E-state index in [1.807, 2.05) is 0 Å². The van der Waals surface area contributed by atoms with Gasteiger partial charge in [0.15, 0.2) is 11.5 Å². The lowest BCUT2D eigenvalue weighted by atomic mass is 10.0. The van der Waals surface area contributed by atoms with Crippen LogP contribution >= 0.6 is 0 Å². The van der Waals surface area contributed by atoms with Gasteiger partial charge in [0.25, 0.3) is 0 Å². The average molecular weight is 264 g/mol. The molecular formula is C15H24N2O2. The van der Waals surface area contributed by atoms with Crippen LogP contribution < -0.4 is 15.2 Å². The first-order valence-corrected chi connectivity index (χ1v) is 6.72. The number of fused-ring (bicyclic) bond motifs is 1. The summed E-state index contributed by atoms with van der Waals surface area (Å²) in [6.45, 7) is 8.45. The molecule has 2 rings (SSSR count). The maximum Gasteiger partial charge on any atom is 0.231 e. The lowest BCUT2D eigenvalue weighted by molar-refractivity contribution is 0.174. The van der Waals surface area contributed by atoms with Gasteiger partial charge in [-0.15, -0.1) is 0 Å². The van der Waals surface area contributed by atoms with Crippen molar-refractivity contribution in [1.82, 2.24) is 4.90 Å². The van der Waals surface area contributed by atoms with Crippen LogP contribution in [0.2, 0.25) is 0 Å². The van der Waals surface area contributed by atoms with Crippen molar-refractivity contribution in [3.05, 3.63) is 23.3 Å².